The molecule has 70 valence electrons. The van der Waals surface area contributed by atoms with Crippen LogP contribution in [0.15, 0.2) is 12.7 Å². The van der Waals surface area contributed by atoms with E-state index in [0.717, 1.165) is 0 Å². The summed E-state index contributed by atoms with van der Waals surface area (Å²) < 4.78 is 5.72. The lowest BCUT2D eigenvalue weighted by molar-refractivity contribution is -0.109. The van der Waals surface area contributed by atoms with Crippen LogP contribution in [0.3, 0.4) is 0 Å². The molecule has 0 radical (unpaired) electrons. The number of hydrogen-bond donors (Lipinski definition) is 1. The molecule has 0 aromatic heterocycles. The average molecular weight is 170 g/mol. The van der Waals surface area contributed by atoms with Crippen LogP contribution in [0.5, 0.6) is 0 Å². The van der Waals surface area contributed by atoms with Crippen LogP contribution < -0.4 is 0 Å². The molecule has 1 aliphatic heterocycles. The predicted octanol–water partition coefficient (Wildman–Crippen LogP) is 1.88. The van der Waals surface area contributed by atoms with Crippen LogP contribution in [0.1, 0.15) is 34.1 Å². The van der Waals surface area contributed by atoms with Gasteiger partial charge in [0, 0.05) is 6.42 Å². The Labute approximate surface area is 74.2 Å². The van der Waals surface area contributed by atoms with Gasteiger partial charge in [-0.1, -0.05) is 6.08 Å². The van der Waals surface area contributed by atoms with Crippen molar-refractivity contribution in [1.82, 2.24) is 0 Å². The van der Waals surface area contributed by atoms with E-state index >= 15 is 0 Å². The number of aliphatic hydroxyl groups is 1. The molecule has 1 fully saturated rings. The first-order valence-electron chi connectivity index (χ1n) is 4.29. The van der Waals surface area contributed by atoms with E-state index in [2.05, 4.69) is 6.58 Å². The second-order valence-electron chi connectivity index (χ2n) is 4.68. The minimum atomic E-state index is -0.892. The van der Waals surface area contributed by atoms with Gasteiger partial charge in [-0.25, -0.2) is 0 Å². The average Bonchev–Trinajstić information content (AvgIpc) is 1.98. The Kier molecular flexibility index (Phi) is 1.89. The van der Waals surface area contributed by atoms with Gasteiger partial charge in [-0.15, -0.1) is 6.58 Å². The molecule has 0 aliphatic carbocycles. The second-order valence-corrected chi connectivity index (χ2v) is 4.68. The molecule has 1 saturated heterocycles. The fourth-order valence-electron chi connectivity index (χ4n) is 2.00. The lowest BCUT2D eigenvalue weighted by Crippen LogP contribution is -2.44. The van der Waals surface area contributed by atoms with Crippen LogP contribution in [0.2, 0.25) is 0 Å². The smallest absolute Gasteiger partial charge is 0.114 e. The third-order valence-corrected chi connectivity index (χ3v) is 2.61. The zero-order valence-electron chi connectivity index (χ0n) is 8.35. The molecule has 0 spiro atoms. The van der Waals surface area contributed by atoms with Crippen molar-refractivity contribution in [2.75, 3.05) is 0 Å². The molecule has 1 N–H and O–H groups in total. The first-order chi connectivity index (χ1) is 5.22. The summed E-state index contributed by atoms with van der Waals surface area (Å²) in [6, 6.07) is 0. The summed E-state index contributed by atoms with van der Waals surface area (Å²) in [6.45, 7) is 11.4. The van der Waals surface area contributed by atoms with E-state index in [9.17, 15) is 5.11 Å². The second kappa shape index (κ2) is 2.33. The highest BCUT2D eigenvalue weighted by molar-refractivity contribution is 5.14. The lowest BCUT2D eigenvalue weighted by atomic mass is 9.83. The topological polar surface area (TPSA) is 29.5 Å². The molecule has 1 aliphatic rings. The third-order valence-electron chi connectivity index (χ3n) is 2.61. The summed E-state index contributed by atoms with van der Waals surface area (Å²) in [7, 11) is 0. The van der Waals surface area contributed by atoms with Crippen molar-refractivity contribution < 1.29 is 9.84 Å². The van der Waals surface area contributed by atoms with Gasteiger partial charge < -0.3 is 9.84 Å². The highest BCUT2D eigenvalue weighted by Gasteiger charge is 2.54. The first-order valence-corrected chi connectivity index (χ1v) is 4.29. The van der Waals surface area contributed by atoms with Crippen molar-refractivity contribution in [2.24, 2.45) is 0 Å². The Hall–Kier alpha value is -0.340. The molecule has 0 bridgehead atoms. The van der Waals surface area contributed by atoms with Gasteiger partial charge in [0.1, 0.15) is 5.60 Å². The molecular weight excluding hydrogens is 152 g/mol. The predicted molar refractivity (Wildman–Crippen MR) is 49.0 cm³/mol. The molecular formula is C10H18O2. The summed E-state index contributed by atoms with van der Waals surface area (Å²) in [5.41, 5.74) is -1.68. The van der Waals surface area contributed by atoms with Gasteiger partial charge in [0.05, 0.1) is 11.2 Å². The molecule has 0 aromatic carbocycles. The Bertz CT molecular complexity index is 206. The Morgan fingerprint density at radius 2 is 1.83 bits per heavy atom. The summed E-state index contributed by atoms with van der Waals surface area (Å²) in [4.78, 5) is 0. The Morgan fingerprint density at radius 3 is 2.00 bits per heavy atom. The molecule has 1 rings (SSSR count). The van der Waals surface area contributed by atoms with Gasteiger partial charge in [0.25, 0.3) is 0 Å². The molecule has 1 unspecified atom stereocenters. The monoisotopic (exact) mass is 170 g/mol. The van der Waals surface area contributed by atoms with Crippen molar-refractivity contribution >= 4 is 0 Å². The fourth-order valence-corrected chi connectivity index (χ4v) is 2.00. The van der Waals surface area contributed by atoms with Crippen molar-refractivity contribution in [2.45, 2.75) is 50.9 Å². The minimum Gasteiger partial charge on any atom is -0.383 e. The maximum absolute atomic E-state index is 10.1. The summed E-state index contributed by atoms with van der Waals surface area (Å²) in [5.74, 6) is 0. The largest absolute Gasteiger partial charge is 0.383 e. The van der Waals surface area contributed by atoms with Crippen LogP contribution >= 0.6 is 0 Å². The van der Waals surface area contributed by atoms with Gasteiger partial charge in [0.15, 0.2) is 0 Å². The van der Waals surface area contributed by atoms with Crippen LogP contribution in [-0.2, 0) is 4.74 Å². The van der Waals surface area contributed by atoms with Crippen molar-refractivity contribution in [1.29, 1.82) is 0 Å². The fraction of sp³-hybridized carbons (Fsp3) is 0.800. The van der Waals surface area contributed by atoms with E-state index in [0.29, 0.717) is 6.42 Å². The molecule has 12 heavy (non-hydrogen) atoms. The van der Waals surface area contributed by atoms with Gasteiger partial charge in [0.2, 0.25) is 0 Å². The van der Waals surface area contributed by atoms with E-state index < -0.39 is 11.2 Å². The zero-order chi connectivity index (χ0) is 9.62. The molecule has 1 heterocycles. The normalized spacial score (nSPS) is 38.1. The zero-order valence-corrected chi connectivity index (χ0v) is 8.35. The van der Waals surface area contributed by atoms with Crippen LogP contribution in [0, 0.1) is 0 Å². The molecule has 0 amide bonds. The van der Waals surface area contributed by atoms with Crippen molar-refractivity contribution in [3.63, 3.8) is 0 Å². The quantitative estimate of drug-likeness (QED) is 0.609. The van der Waals surface area contributed by atoms with Crippen molar-refractivity contribution in [3.8, 4) is 0 Å². The van der Waals surface area contributed by atoms with Gasteiger partial charge in [-0.2, -0.15) is 0 Å². The Morgan fingerprint density at radius 1 is 1.33 bits per heavy atom. The summed E-state index contributed by atoms with van der Waals surface area (Å²) in [5, 5.41) is 10.1. The maximum atomic E-state index is 10.1. The van der Waals surface area contributed by atoms with E-state index in [4.69, 9.17) is 4.74 Å². The minimum absolute atomic E-state index is 0.258. The first kappa shape index (κ1) is 9.75. The van der Waals surface area contributed by atoms with Crippen molar-refractivity contribution in [3.05, 3.63) is 12.7 Å². The number of hydrogen-bond acceptors (Lipinski definition) is 2. The standard InChI is InChI=1S/C10H18O2/c1-6-10(11)7-8(2,3)12-9(10,4)5/h6,11H,1,7H2,2-5H3. The lowest BCUT2D eigenvalue weighted by Gasteiger charge is -2.32. The van der Waals surface area contributed by atoms with Gasteiger partial charge >= 0.3 is 0 Å². The maximum Gasteiger partial charge on any atom is 0.114 e. The molecule has 0 aromatic rings. The van der Waals surface area contributed by atoms with E-state index in [-0.39, 0.29) is 5.60 Å². The van der Waals surface area contributed by atoms with E-state index in [1.165, 1.54) is 0 Å². The van der Waals surface area contributed by atoms with Gasteiger partial charge in [-0.3, -0.25) is 0 Å². The number of rotatable bonds is 1. The van der Waals surface area contributed by atoms with Crippen LogP contribution in [-0.4, -0.2) is 21.9 Å². The molecule has 0 saturated carbocycles. The van der Waals surface area contributed by atoms with E-state index in [1.54, 1.807) is 6.08 Å². The van der Waals surface area contributed by atoms with E-state index in [1.807, 2.05) is 27.7 Å². The highest BCUT2D eigenvalue weighted by Crippen LogP contribution is 2.45. The summed E-state index contributed by atoms with van der Waals surface area (Å²) in [6.07, 6.45) is 2.19. The Balaban J connectivity index is 2.99. The third kappa shape index (κ3) is 1.29. The molecule has 2 nitrogen and oxygen atoms in total. The highest BCUT2D eigenvalue weighted by atomic mass is 16.5. The van der Waals surface area contributed by atoms with Gasteiger partial charge in [-0.05, 0) is 27.7 Å². The SMILES string of the molecule is C=CC1(O)CC(C)(C)OC1(C)C. The molecule has 2 heteroatoms. The van der Waals surface area contributed by atoms with Crippen LogP contribution in [0.25, 0.3) is 0 Å². The van der Waals surface area contributed by atoms with Crippen LogP contribution in [0.4, 0.5) is 0 Å². The molecule has 1 atom stereocenters. The number of ether oxygens (including phenoxy) is 1. The summed E-state index contributed by atoms with van der Waals surface area (Å²) >= 11 is 0.